The molecule has 2 aromatic rings. The lowest BCUT2D eigenvalue weighted by Crippen LogP contribution is -2.18. The van der Waals surface area contributed by atoms with Crippen molar-refractivity contribution in [1.29, 1.82) is 0 Å². The van der Waals surface area contributed by atoms with Gasteiger partial charge in [-0.3, -0.25) is 0 Å². The van der Waals surface area contributed by atoms with Crippen LogP contribution in [-0.2, 0) is 19.3 Å². The minimum atomic E-state index is 0.692. The molecule has 0 aliphatic carbocycles. The van der Waals surface area contributed by atoms with Crippen LogP contribution in [0.1, 0.15) is 25.1 Å². The summed E-state index contributed by atoms with van der Waals surface area (Å²) in [6.45, 7) is 6.46. The van der Waals surface area contributed by atoms with E-state index >= 15 is 0 Å². The van der Waals surface area contributed by atoms with Gasteiger partial charge in [0.1, 0.15) is 0 Å². The third-order valence-electron chi connectivity index (χ3n) is 3.08. The van der Waals surface area contributed by atoms with E-state index in [1.807, 2.05) is 31.3 Å². The molecule has 0 aliphatic heterocycles. The number of hydrogen-bond donors (Lipinski definition) is 1. The lowest BCUT2D eigenvalue weighted by Gasteiger charge is -2.09. The van der Waals surface area contributed by atoms with Gasteiger partial charge in [0.15, 0.2) is 0 Å². The van der Waals surface area contributed by atoms with Crippen LogP contribution in [0.25, 0.3) is 0 Å². The van der Waals surface area contributed by atoms with Crippen LogP contribution < -0.4 is 5.32 Å². The number of thioether (sulfide) groups is 1. The molecule has 1 N–H and O–H groups in total. The van der Waals surface area contributed by atoms with E-state index in [0.717, 1.165) is 18.8 Å². The Morgan fingerprint density at radius 3 is 2.90 bits per heavy atom. The van der Waals surface area contributed by atoms with Crippen molar-refractivity contribution in [2.24, 2.45) is 13.0 Å². The first-order chi connectivity index (χ1) is 9.65. The molecule has 0 unspecified atom stereocenters. The minimum absolute atomic E-state index is 0.692. The second-order valence-corrected chi connectivity index (χ2v) is 6.51. The summed E-state index contributed by atoms with van der Waals surface area (Å²) in [5.41, 5.74) is 2.60. The zero-order valence-corrected chi connectivity index (χ0v) is 13.3. The molecule has 20 heavy (non-hydrogen) atoms. The predicted molar refractivity (Wildman–Crippen MR) is 85.8 cm³/mol. The van der Waals surface area contributed by atoms with E-state index in [1.54, 1.807) is 0 Å². The van der Waals surface area contributed by atoms with Crippen LogP contribution in [0.3, 0.4) is 0 Å². The summed E-state index contributed by atoms with van der Waals surface area (Å²) in [5.74, 6) is 1.65. The summed E-state index contributed by atoms with van der Waals surface area (Å²) in [7, 11) is 2.04. The van der Waals surface area contributed by atoms with Crippen molar-refractivity contribution in [2.45, 2.75) is 31.0 Å². The average Bonchev–Trinajstić information content (AvgIpc) is 2.82. The molecule has 0 saturated heterocycles. The second kappa shape index (κ2) is 7.50. The van der Waals surface area contributed by atoms with Gasteiger partial charge in [0.05, 0.1) is 6.33 Å². The van der Waals surface area contributed by atoms with Crippen LogP contribution in [0.15, 0.2) is 41.7 Å². The maximum atomic E-state index is 4.15. The first-order valence-electron chi connectivity index (χ1n) is 7.03. The summed E-state index contributed by atoms with van der Waals surface area (Å²) in [4.78, 5) is 5.46. The van der Waals surface area contributed by atoms with Crippen LogP contribution in [0.2, 0.25) is 0 Å². The van der Waals surface area contributed by atoms with E-state index < -0.39 is 0 Å². The number of aryl methyl sites for hydroxylation is 1. The van der Waals surface area contributed by atoms with Gasteiger partial charge in [-0.1, -0.05) is 26.0 Å². The van der Waals surface area contributed by atoms with Gasteiger partial charge < -0.3 is 9.88 Å². The van der Waals surface area contributed by atoms with Crippen LogP contribution >= 0.6 is 11.8 Å². The van der Waals surface area contributed by atoms with Crippen molar-refractivity contribution >= 4 is 11.8 Å². The molecule has 1 aromatic heterocycles. The van der Waals surface area contributed by atoms with E-state index in [9.17, 15) is 0 Å². The van der Waals surface area contributed by atoms with Gasteiger partial charge in [-0.15, -0.1) is 11.8 Å². The van der Waals surface area contributed by atoms with E-state index in [-0.39, 0.29) is 0 Å². The Labute approximate surface area is 125 Å². The van der Waals surface area contributed by atoms with Crippen LogP contribution in [0.5, 0.6) is 0 Å². The Balaban J connectivity index is 1.87. The molecule has 0 fully saturated rings. The van der Waals surface area contributed by atoms with Gasteiger partial charge in [-0.05, 0) is 30.2 Å². The third-order valence-corrected chi connectivity index (χ3v) is 4.11. The molecule has 4 heteroatoms. The Morgan fingerprint density at radius 2 is 2.20 bits per heavy atom. The van der Waals surface area contributed by atoms with E-state index in [0.29, 0.717) is 5.92 Å². The third kappa shape index (κ3) is 4.69. The monoisotopic (exact) mass is 289 g/mol. The van der Waals surface area contributed by atoms with E-state index in [2.05, 4.69) is 53.0 Å². The van der Waals surface area contributed by atoms with Gasteiger partial charge in [0.25, 0.3) is 0 Å². The standard InChI is InChI=1S/C16H23N3S/c1-13(2)8-17-9-14-5-4-6-16(7-14)20-11-15-10-18-12-19(15)3/h4-7,10,12-13,17H,8-9,11H2,1-3H3. The predicted octanol–water partition coefficient (Wildman–Crippen LogP) is 3.46. The van der Waals surface area contributed by atoms with Crippen LogP contribution in [0, 0.1) is 5.92 Å². The molecule has 0 bridgehead atoms. The summed E-state index contributed by atoms with van der Waals surface area (Å²) < 4.78 is 2.07. The fourth-order valence-electron chi connectivity index (χ4n) is 1.93. The fourth-order valence-corrected chi connectivity index (χ4v) is 2.93. The summed E-state index contributed by atoms with van der Waals surface area (Å²) >= 11 is 1.86. The molecule has 2 rings (SSSR count). The Kier molecular flexibility index (Phi) is 5.68. The lowest BCUT2D eigenvalue weighted by molar-refractivity contribution is 0.552. The van der Waals surface area contributed by atoms with Crippen LogP contribution in [0.4, 0.5) is 0 Å². The summed E-state index contributed by atoms with van der Waals surface area (Å²) in [5, 5.41) is 3.48. The number of nitrogens with one attached hydrogen (secondary N) is 1. The number of hydrogen-bond acceptors (Lipinski definition) is 3. The average molecular weight is 289 g/mol. The van der Waals surface area contributed by atoms with Crippen molar-refractivity contribution in [2.75, 3.05) is 6.54 Å². The van der Waals surface area contributed by atoms with E-state index in [1.165, 1.54) is 16.2 Å². The summed E-state index contributed by atoms with van der Waals surface area (Å²) in [6.07, 6.45) is 3.78. The largest absolute Gasteiger partial charge is 0.337 e. The van der Waals surface area contributed by atoms with Gasteiger partial charge >= 0.3 is 0 Å². The maximum Gasteiger partial charge on any atom is 0.0945 e. The molecule has 3 nitrogen and oxygen atoms in total. The minimum Gasteiger partial charge on any atom is -0.337 e. The van der Waals surface area contributed by atoms with Gasteiger partial charge in [0.2, 0.25) is 0 Å². The molecular weight excluding hydrogens is 266 g/mol. The highest BCUT2D eigenvalue weighted by atomic mass is 32.2. The number of benzene rings is 1. The number of rotatable bonds is 7. The molecule has 0 atom stereocenters. The molecular formula is C16H23N3S. The highest BCUT2D eigenvalue weighted by Crippen LogP contribution is 2.23. The summed E-state index contributed by atoms with van der Waals surface area (Å²) in [6, 6.07) is 8.76. The molecule has 0 saturated carbocycles. The van der Waals surface area contributed by atoms with Crippen LogP contribution in [-0.4, -0.2) is 16.1 Å². The molecule has 0 amide bonds. The Bertz CT molecular complexity index is 534. The van der Waals surface area contributed by atoms with Crippen molar-refractivity contribution in [3.8, 4) is 0 Å². The molecule has 0 aliphatic rings. The zero-order valence-electron chi connectivity index (χ0n) is 12.5. The molecule has 108 valence electrons. The number of nitrogens with zero attached hydrogens (tertiary/aromatic N) is 2. The van der Waals surface area contributed by atoms with Crippen molar-refractivity contribution in [3.63, 3.8) is 0 Å². The first kappa shape index (κ1) is 15.1. The Morgan fingerprint density at radius 1 is 1.35 bits per heavy atom. The number of aromatic nitrogens is 2. The second-order valence-electron chi connectivity index (χ2n) is 5.46. The van der Waals surface area contributed by atoms with Gasteiger partial charge in [0, 0.05) is 36.1 Å². The molecule has 1 aromatic carbocycles. The quantitative estimate of drug-likeness (QED) is 0.792. The molecule has 0 spiro atoms. The first-order valence-corrected chi connectivity index (χ1v) is 8.01. The maximum absolute atomic E-state index is 4.15. The SMILES string of the molecule is CC(C)CNCc1cccc(SCc2cncn2C)c1. The fraction of sp³-hybridized carbons (Fsp3) is 0.438. The molecule has 1 heterocycles. The topological polar surface area (TPSA) is 29.9 Å². The highest BCUT2D eigenvalue weighted by molar-refractivity contribution is 7.98. The Hall–Kier alpha value is -1.26. The van der Waals surface area contributed by atoms with Crippen molar-refractivity contribution < 1.29 is 0 Å². The van der Waals surface area contributed by atoms with Gasteiger partial charge in [-0.2, -0.15) is 0 Å². The number of imidazole rings is 1. The normalized spacial score (nSPS) is 11.2. The van der Waals surface area contributed by atoms with Crippen molar-refractivity contribution in [1.82, 2.24) is 14.9 Å². The van der Waals surface area contributed by atoms with Gasteiger partial charge in [-0.25, -0.2) is 4.98 Å². The molecule has 0 radical (unpaired) electrons. The van der Waals surface area contributed by atoms with Crippen molar-refractivity contribution in [3.05, 3.63) is 48.0 Å². The van der Waals surface area contributed by atoms with E-state index in [4.69, 9.17) is 0 Å². The lowest BCUT2D eigenvalue weighted by atomic mass is 10.2. The smallest absolute Gasteiger partial charge is 0.0945 e. The highest BCUT2D eigenvalue weighted by Gasteiger charge is 2.02. The zero-order chi connectivity index (χ0) is 14.4.